The van der Waals surface area contributed by atoms with Crippen LogP contribution in [0.2, 0.25) is 0 Å². The van der Waals surface area contributed by atoms with Crippen LogP contribution in [0.15, 0.2) is 47.1 Å². The third-order valence-electron chi connectivity index (χ3n) is 3.73. The highest BCUT2D eigenvalue weighted by molar-refractivity contribution is 5.74. The number of benzene rings is 1. The Balaban J connectivity index is 1.68. The lowest BCUT2D eigenvalue weighted by atomic mass is 10.1. The first-order valence-corrected chi connectivity index (χ1v) is 8.43. The van der Waals surface area contributed by atoms with E-state index in [9.17, 15) is 9.90 Å². The first-order valence-electron chi connectivity index (χ1n) is 8.43. The van der Waals surface area contributed by atoms with Gasteiger partial charge in [-0.25, -0.2) is 4.79 Å². The Bertz CT molecular complexity index is 640. The van der Waals surface area contributed by atoms with Gasteiger partial charge in [-0.05, 0) is 45.0 Å². The molecule has 2 amide bonds. The van der Waals surface area contributed by atoms with Crippen molar-refractivity contribution in [2.75, 3.05) is 6.54 Å². The molecule has 3 unspecified atom stereocenters. The van der Waals surface area contributed by atoms with Crippen LogP contribution in [-0.4, -0.2) is 29.8 Å². The molecule has 2 rings (SSSR count). The lowest BCUT2D eigenvalue weighted by Gasteiger charge is -2.19. The molecule has 1 aromatic heterocycles. The molecule has 3 atom stereocenters. The van der Waals surface area contributed by atoms with Crippen molar-refractivity contribution < 1.29 is 19.1 Å². The van der Waals surface area contributed by atoms with E-state index in [4.69, 9.17) is 9.15 Å². The predicted molar refractivity (Wildman–Crippen MR) is 95.6 cm³/mol. The molecule has 0 bridgehead atoms. The third kappa shape index (κ3) is 6.51. The number of hydrogen-bond acceptors (Lipinski definition) is 4. The number of ether oxygens (including phenoxy) is 1. The quantitative estimate of drug-likeness (QED) is 0.685. The molecule has 0 fully saturated rings. The molecule has 136 valence electrons. The molecule has 6 heteroatoms. The normalized spacial score (nSPS) is 14.4. The van der Waals surface area contributed by atoms with Gasteiger partial charge in [-0.1, -0.05) is 17.7 Å². The van der Waals surface area contributed by atoms with Crippen molar-refractivity contribution in [1.82, 2.24) is 10.6 Å². The lowest BCUT2D eigenvalue weighted by Crippen LogP contribution is -2.44. The summed E-state index contributed by atoms with van der Waals surface area (Å²) in [4.78, 5) is 11.9. The number of nitrogens with one attached hydrogen (secondary N) is 2. The van der Waals surface area contributed by atoms with Gasteiger partial charge < -0.3 is 24.9 Å². The zero-order chi connectivity index (χ0) is 18.2. The lowest BCUT2D eigenvalue weighted by molar-refractivity contribution is 0.129. The van der Waals surface area contributed by atoms with E-state index in [0.717, 1.165) is 5.75 Å². The van der Waals surface area contributed by atoms with Gasteiger partial charge >= 0.3 is 6.03 Å². The summed E-state index contributed by atoms with van der Waals surface area (Å²) in [5.41, 5.74) is 1.17. The van der Waals surface area contributed by atoms with Gasteiger partial charge in [-0.3, -0.25) is 0 Å². The smallest absolute Gasteiger partial charge is 0.315 e. The van der Waals surface area contributed by atoms with E-state index in [1.165, 1.54) is 11.8 Å². The molecule has 0 saturated carbocycles. The fourth-order valence-corrected chi connectivity index (χ4v) is 2.39. The van der Waals surface area contributed by atoms with Gasteiger partial charge in [0.05, 0.1) is 12.8 Å². The molecule has 0 aliphatic carbocycles. The van der Waals surface area contributed by atoms with Crippen LogP contribution >= 0.6 is 0 Å². The monoisotopic (exact) mass is 346 g/mol. The van der Waals surface area contributed by atoms with Crippen LogP contribution in [0.3, 0.4) is 0 Å². The van der Waals surface area contributed by atoms with Crippen molar-refractivity contribution in [3.8, 4) is 5.75 Å². The highest BCUT2D eigenvalue weighted by Gasteiger charge is 2.16. The number of urea groups is 1. The second kappa shape index (κ2) is 9.13. The van der Waals surface area contributed by atoms with Gasteiger partial charge in [-0.15, -0.1) is 0 Å². The zero-order valence-electron chi connectivity index (χ0n) is 14.9. The molecule has 1 aromatic carbocycles. The Morgan fingerprint density at radius 2 is 1.96 bits per heavy atom. The SMILES string of the molecule is Cc1ccc(OC(C)CNC(=O)NC(C)CC(O)c2ccco2)cc1. The maximum atomic E-state index is 11.9. The maximum absolute atomic E-state index is 11.9. The first kappa shape index (κ1) is 18.9. The molecule has 0 aliphatic rings. The number of amides is 2. The van der Waals surface area contributed by atoms with Crippen LogP contribution < -0.4 is 15.4 Å². The topological polar surface area (TPSA) is 83.7 Å². The summed E-state index contributed by atoms with van der Waals surface area (Å²) in [6.07, 6.45) is 0.987. The molecule has 0 radical (unpaired) electrons. The minimum absolute atomic E-state index is 0.155. The summed E-state index contributed by atoms with van der Waals surface area (Å²) in [7, 11) is 0. The minimum Gasteiger partial charge on any atom is -0.489 e. The van der Waals surface area contributed by atoms with Crippen LogP contribution in [0.25, 0.3) is 0 Å². The second-order valence-corrected chi connectivity index (χ2v) is 6.26. The highest BCUT2D eigenvalue weighted by Crippen LogP contribution is 2.18. The van der Waals surface area contributed by atoms with E-state index in [1.807, 2.05) is 45.0 Å². The third-order valence-corrected chi connectivity index (χ3v) is 3.73. The predicted octanol–water partition coefficient (Wildman–Crippen LogP) is 3.17. The van der Waals surface area contributed by atoms with Gasteiger partial charge in [-0.2, -0.15) is 0 Å². The zero-order valence-corrected chi connectivity index (χ0v) is 14.9. The van der Waals surface area contributed by atoms with Crippen LogP contribution in [0.1, 0.15) is 37.7 Å². The minimum atomic E-state index is -0.742. The van der Waals surface area contributed by atoms with E-state index in [-0.39, 0.29) is 18.2 Å². The van der Waals surface area contributed by atoms with Crippen molar-refractivity contribution in [2.24, 2.45) is 0 Å². The van der Waals surface area contributed by atoms with Crippen LogP contribution in [-0.2, 0) is 0 Å². The molecule has 1 heterocycles. The summed E-state index contributed by atoms with van der Waals surface area (Å²) < 4.78 is 10.9. The summed E-state index contributed by atoms with van der Waals surface area (Å²) in [5.74, 6) is 1.27. The number of rotatable bonds is 8. The molecule has 3 N–H and O–H groups in total. The average molecular weight is 346 g/mol. The summed E-state index contributed by atoms with van der Waals surface area (Å²) in [6.45, 7) is 6.12. The number of carbonyl (C=O) groups is 1. The number of carbonyl (C=O) groups excluding carboxylic acids is 1. The van der Waals surface area contributed by atoms with Crippen molar-refractivity contribution in [3.05, 3.63) is 54.0 Å². The Labute approximate surface area is 148 Å². The molecule has 25 heavy (non-hydrogen) atoms. The summed E-state index contributed by atoms with van der Waals surface area (Å²) in [5, 5.41) is 15.6. The van der Waals surface area contributed by atoms with E-state index in [0.29, 0.717) is 18.7 Å². The Hall–Kier alpha value is -2.47. The summed E-state index contributed by atoms with van der Waals surface area (Å²) in [6, 6.07) is 10.7. The fraction of sp³-hybridized carbons (Fsp3) is 0.421. The maximum Gasteiger partial charge on any atom is 0.315 e. The van der Waals surface area contributed by atoms with E-state index < -0.39 is 6.10 Å². The van der Waals surface area contributed by atoms with E-state index in [2.05, 4.69) is 10.6 Å². The Morgan fingerprint density at radius 1 is 1.24 bits per heavy atom. The average Bonchev–Trinajstić information content (AvgIpc) is 3.09. The molecule has 0 spiro atoms. The highest BCUT2D eigenvalue weighted by atomic mass is 16.5. The molecule has 0 saturated heterocycles. The van der Waals surface area contributed by atoms with E-state index >= 15 is 0 Å². The second-order valence-electron chi connectivity index (χ2n) is 6.26. The molecular weight excluding hydrogens is 320 g/mol. The number of aliphatic hydroxyl groups is 1. The standard InChI is InChI=1S/C19H26N2O4/c1-13-6-8-16(9-7-13)25-15(3)12-20-19(23)21-14(2)11-17(22)18-5-4-10-24-18/h4-10,14-15,17,22H,11-12H2,1-3H3,(H2,20,21,23). The van der Waals surface area contributed by atoms with Gasteiger partial charge in [0.25, 0.3) is 0 Å². The Morgan fingerprint density at radius 3 is 2.60 bits per heavy atom. The van der Waals surface area contributed by atoms with Crippen molar-refractivity contribution >= 4 is 6.03 Å². The number of furan rings is 1. The van der Waals surface area contributed by atoms with Crippen LogP contribution in [0.4, 0.5) is 4.79 Å². The molecule has 2 aromatic rings. The van der Waals surface area contributed by atoms with Gasteiger partial charge in [0.15, 0.2) is 0 Å². The van der Waals surface area contributed by atoms with Crippen LogP contribution in [0.5, 0.6) is 5.75 Å². The fourth-order valence-electron chi connectivity index (χ4n) is 2.39. The number of aliphatic hydroxyl groups excluding tert-OH is 1. The van der Waals surface area contributed by atoms with Crippen LogP contribution in [0, 0.1) is 6.92 Å². The van der Waals surface area contributed by atoms with Crippen molar-refractivity contribution in [2.45, 2.75) is 45.4 Å². The van der Waals surface area contributed by atoms with Crippen molar-refractivity contribution in [1.29, 1.82) is 0 Å². The molecule has 6 nitrogen and oxygen atoms in total. The van der Waals surface area contributed by atoms with Gasteiger partial charge in [0.2, 0.25) is 0 Å². The number of hydrogen-bond donors (Lipinski definition) is 3. The first-order chi connectivity index (χ1) is 11.9. The van der Waals surface area contributed by atoms with Gasteiger partial charge in [0.1, 0.15) is 23.7 Å². The largest absolute Gasteiger partial charge is 0.489 e. The molecular formula is C19H26N2O4. The molecule has 0 aliphatic heterocycles. The van der Waals surface area contributed by atoms with E-state index in [1.54, 1.807) is 12.1 Å². The Kier molecular flexibility index (Phi) is 6.89. The van der Waals surface area contributed by atoms with Gasteiger partial charge in [0, 0.05) is 12.5 Å². The summed E-state index contributed by atoms with van der Waals surface area (Å²) >= 11 is 0. The van der Waals surface area contributed by atoms with Crippen molar-refractivity contribution in [3.63, 3.8) is 0 Å². The number of aryl methyl sites for hydroxylation is 1.